The van der Waals surface area contributed by atoms with Gasteiger partial charge in [-0.25, -0.2) is 0 Å². The highest BCUT2D eigenvalue weighted by atomic mass is 16.3. The minimum atomic E-state index is -0.483. The number of rotatable bonds is 3. The predicted molar refractivity (Wildman–Crippen MR) is 73.9 cm³/mol. The van der Waals surface area contributed by atoms with Gasteiger partial charge in [0.2, 0.25) is 5.91 Å². The number of carbonyl (C=O) groups excluding carboxylic acids is 2. The number of benzene rings is 1. The molecule has 104 valence electrons. The average molecular weight is 272 g/mol. The van der Waals surface area contributed by atoms with Gasteiger partial charge in [-0.1, -0.05) is 18.2 Å². The highest BCUT2D eigenvalue weighted by molar-refractivity contribution is 5.93. The molecule has 0 bridgehead atoms. The number of furan rings is 1. The van der Waals surface area contributed by atoms with Crippen LogP contribution in [-0.2, 0) is 11.2 Å². The molecular formula is C15H16N2O3. The van der Waals surface area contributed by atoms with Crippen molar-refractivity contribution < 1.29 is 14.0 Å². The lowest BCUT2D eigenvalue weighted by Crippen LogP contribution is -2.42. The fraction of sp³-hybridized carbons (Fsp3) is 0.200. The summed E-state index contributed by atoms with van der Waals surface area (Å²) in [4.78, 5) is 23.3. The van der Waals surface area contributed by atoms with Crippen LogP contribution in [0.15, 0.2) is 41.0 Å². The minimum absolute atomic E-state index is 0.150. The topological polar surface area (TPSA) is 71.3 Å². The van der Waals surface area contributed by atoms with Crippen LogP contribution < -0.4 is 10.9 Å². The number of aryl methyl sites for hydroxylation is 2. The molecule has 0 aliphatic carbocycles. The van der Waals surface area contributed by atoms with Crippen molar-refractivity contribution in [3.05, 3.63) is 59.0 Å². The summed E-state index contributed by atoms with van der Waals surface area (Å²) in [5.41, 5.74) is 7.87. The van der Waals surface area contributed by atoms with E-state index in [4.69, 9.17) is 4.42 Å². The Hall–Kier alpha value is -2.56. The lowest BCUT2D eigenvalue weighted by molar-refractivity contribution is -0.121. The van der Waals surface area contributed by atoms with E-state index in [2.05, 4.69) is 10.9 Å². The maximum absolute atomic E-state index is 11.7. The van der Waals surface area contributed by atoms with Gasteiger partial charge in [0, 0.05) is 0 Å². The molecule has 1 aromatic carbocycles. The predicted octanol–water partition coefficient (Wildman–Crippen LogP) is 1.90. The van der Waals surface area contributed by atoms with Crippen LogP contribution in [0.1, 0.15) is 27.2 Å². The molecule has 0 aliphatic rings. The molecule has 2 N–H and O–H groups in total. The Bertz CT molecular complexity index is 618. The number of hydrazine groups is 1. The van der Waals surface area contributed by atoms with E-state index in [1.807, 2.05) is 32.0 Å². The Morgan fingerprint density at radius 1 is 1.10 bits per heavy atom. The Kier molecular flexibility index (Phi) is 4.20. The van der Waals surface area contributed by atoms with Crippen molar-refractivity contribution in [2.45, 2.75) is 20.3 Å². The van der Waals surface area contributed by atoms with E-state index in [1.54, 1.807) is 6.07 Å². The summed E-state index contributed by atoms with van der Waals surface area (Å²) in [5.74, 6) is -0.618. The van der Waals surface area contributed by atoms with Gasteiger partial charge in [0.05, 0.1) is 12.7 Å². The number of carbonyl (C=O) groups is 2. The van der Waals surface area contributed by atoms with Gasteiger partial charge < -0.3 is 4.42 Å². The van der Waals surface area contributed by atoms with Gasteiger partial charge >= 0.3 is 5.91 Å². The number of hydrogen-bond donors (Lipinski definition) is 2. The molecule has 0 unspecified atom stereocenters. The SMILES string of the molecule is Cc1ccc(CC(=O)NNC(=O)c2ccco2)cc1C. The number of hydrogen-bond acceptors (Lipinski definition) is 3. The fourth-order valence-electron chi connectivity index (χ4n) is 1.74. The summed E-state index contributed by atoms with van der Waals surface area (Å²) < 4.78 is 4.91. The van der Waals surface area contributed by atoms with Crippen molar-refractivity contribution in [2.24, 2.45) is 0 Å². The zero-order valence-electron chi connectivity index (χ0n) is 11.4. The van der Waals surface area contributed by atoms with E-state index in [0.29, 0.717) is 0 Å². The van der Waals surface area contributed by atoms with Crippen molar-refractivity contribution in [3.63, 3.8) is 0 Å². The summed E-state index contributed by atoms with van der Waals surface area (Å²) in [5, 5.41) is 0. The molecule has 5 heteroatoms. The second kappa shape index (κ2) is 6.06. The first kappa shape index (κ1) is 13.9. The van der Waals surface area contributed by atoms with E-state index >= 15 is 0 Å². The molecule has 20 heavy (non-hydrogen) atoms. The lowest BCUT2D eigenvalue weighted by Gasteiger charge is -2.07. The van der Waals surface area contributed by atoms with Gasteiger partial charge in [-0.2, -0.15) is 0 Å². The monoisotopic (exact) mass is 272 g/mol. The van der Waals surface area contributed by atoms with Crippen LogP contribution in [0.5, 0.6) is 0 Å². The Labute approximate surface area is 117 Å². The maximum atomic E-state index is 11.7. The van der Waals surface area contributed by atoms with Crippen molar-refractivity contribution in [2.75, 3.05) is 0 Å². The first-order valence-electron chi connectivity index (χ1n) is 6.25. The first-order chi connectivity index (χ1) is 9.56. The highest BCUT2D eigenvalue weighted by Crippen LogP contribution is 2.10. The van der Waals surface area contributed by atoms with E-state index in [0.717, 1.165) is 11.1 Å². The third-order valence-corrected chi connectivity index (χ3v) is 3.00. The van der Waals surface area contributed by atoms with Crippen molar-refractivity contribution in [1.29, 1.82) is 0 Å². The van der Waals surface area contributed by atoms with Gasteiger partial charge in [0.1, 0.15) is 0 Å². The molecule has 1 aromatic heterocycles. The lowest BCUT2D eigenvalue weighted by atomic mass is 10.0. The first-order valence-corrected chi connectivity index (χ1v) is 6.25. The molecule has 1 heterocycles. The van der Waals surface area contributed by atoms with Crippen LogP contribution in [-0.4, -0.2) is 11.8 Å². The molecule has 0 saturated carbocycles. The maximum Gasteiger partial charge on any atom is 0.305 e. The molecule has 5 nitrogen and oxygen atoms in total. The van der Waals surface area contributed by atoms with Gasteiger partial charge in [-0.05, 0) is 42.7 Å². The van der Waals surface area contributed by atoms with E-state index in [9.17, 15) is 9.59 Å². The normalized spacial score (nSPS) is 10.1. The molecule has 0 aliphatic heterocycles. The van der Waals surface area contributed by atoms with Crippen LogP contribution in [0.2, 0.25) is 0 Å². The molecule has 0 fully saturated rings. The Morgan fingerprint density at radius 3 is 2.55 bits per heavy atom. The molecule has 0 radical (unpaired) electrons. The second-order valence-electron chi connectivity index (χ2n) is 4.57. The highest BCUT2D eigenvalue weighted by Gasteiger charge is 2.10. The van der Waals surface area contributed by atoms with Crippen LogP contribution in [0, 0.1) is 13.8 Å². The van der Waals surface area contributed by atoms with E-state index in [-0.39, 0.29) is 18.1 Å². The quantitative estimate of drug-likeness (QED) is 0.838. The van der Waals surface area contributed by atoms with Gasteiger partial charge in [0.15, 0.2) is 5.76 Å². The fourth-order valence-corrected chi connectivity index (χ4v) is 1.74. The summed E-state index contributed by atoms with van der Waals surface area (Å²) >= 11 is 0. The largest absolute Gasteiger partial charge is 0.459 e. The zero-order chi connectivity index (χ0) is 14.5. The van der Waals surface area contributed by atoms with E-state index < -0.39 is 5.91 Å². The Balaban J connectivity index is 1.86. The van der Waals surface area contributed by atoms with Crippen LogP contribution in [0.3, 0.4) is 0 Å². The standard InChI is InChI=1S/C15H16N2O3/c1-10-5-6-12(8-11(10)2)9-14(18)16-17-15(19)13-4-3-7-20-13/h3-8H,9H2,1-2H3,(H,16,18)(H,17,19). The third kappa shape index (κ3) is 3.47. The summed E-state index contributed by atoms with van der Waals surface area (Å²) in [6.45, 7) is 4.01. The number of amides is 2. The summed E-state index contributed by atoms with van der Waals surface area (Å²) in [6.07, 6.45) is 1.60. The third-order valence-electron chi connectivity index (χ3n) is 3.00. The van der Waals surface area contributed by atoms with Gasteiger partial charge in [0.25, 0.3) is 0 Å². The van der Waals surface area contributed by atoms with E-state index in [1.165, 1.54) is 17.9 Å². The Morgan fingerprint density at radius 2 is 1.90 bits per heavy atom. The van der Waals surface area contributed by atoms with Gasteiger partial charge in [-0.3, -0.25) is 20.4 Å². The van der Waals surface area contributed by atoms with Crippen molar-refractivity contribution >= 4 is 11.8 Å². The average Bonchev–Trinajstić information content (AvgIpc) is 2.94. The molecule has 0 spiro atoms. The second-order valence-corrected chi connectivity index (χ2v) is 4.57. The van der Waals surface area contributed by atoms with Crippen LogP contribution in [0.4, 0.5) is 0 Å². The molecule has 2 rings (SSSR count). The summed E-state index contributed by atoms with van der Waals surface area (Å²) in [6, 6.07) is 8.95. The van der Waals surface area contributed by atoms with Crippen molar-refractivity contribution in [3.8, 4) is 0 Å². The van der Waals surface area contributed by atoms with Crippen LogP contribution >= 0.6 is 0 Å². The van der Waals surface area contributed by atoms with Gasteiger partial charge in [-0.15, -0.1) is 0 Å². The molecular weight excluding hydrogens is 256 g/mol. The molecule has 2 amide bonds. The number of nitrogens with one attached hydrogen (secondary N) is 2. The smallest absolute Gasteiger partial charge is 0.305 e. The molecule has 0 atom stereocenters. The molecule has 2 aromatic rings. The van der Waals surface area contributed by atoms with Crippen molar-refractivity contribution in [1.82, 2.24) is 10.9 Å². The zero-order valence-corrected chi connectivity index (χ0v) is 11.4. The summed E-state index contributed by atoms with van der Waals surface area (Å²) in [7, 11) is 0. The van der Waals surface area contributed by atoms with Crippen LogP contribution in [0.25, 0.3) is 0 Å². The minimum Gasteiger partial charge on any atom is -0.459 e. The molecule has 0 saturated heterocycles.